The van der Waals surface area contributed by atoms with Gasteiger partial charge in [-0.3, -0.25) is 0 Å². The van der Waals surface area contributed by atoms with Crippen molar-refractivity contribution in [1.82, 2.24) is 4.90 Å². The summed E-state index contributed by atoms with van der Waals surface area (Å²) in [7, 11) is 0. The van der Waals surface area contributed by atoms with Crippen LogP contribution in [-0.4, -0.2) is 39.4 Å². The maximum Gasteiger partial charge on any atom is 0.427 e. The molecule has 0 aromatic heterocycles. The molecule has 1 aromatic rings. The molecule has 26 heavy (non-hydrogen) atoms. The zero-order valence-corrected chi connectivity index (χ0v) is 16.1. The summed E-state index contributed by atoms with van der Waals surface area (Å²) in [4.78, 5) is 29.5. The van der Waals surface area contributed by atoms with Gasteiger partial charge in [-0.15, -0.1) is 4.90 Å². The lowest BCUT2D eigenvalue weighted by Crippen LogP contribution is -2.49. The van der Waals surface area contributed by atoms with E-state index in [4.69, 9.17) is 20.3 Å². The topological polar surface area (TPSA) is 114 Å². The molecule has 0 atom stereocenters. The van der Waals surface area contributed by atoms with Crippen LogP contribution in [0.5, 0.6) is 0 Å². The first-order valence-electron chi connectivity index (χ1n) is 8.12. The van der Waals surface area contributed by atoms with E-state index in [0.717, 1.165) is 0 Å². The van der Waals surface area contributed by atoms with Crippen LogP contribution >= 0.6 is 0 Å². The van der Waals surface area contributed by atoms with Crippen molar-refractivity contribution in [2.24, 2.45) is 10.7 Å². The molecular weight excluding hydrogens is 338 g/mol. The number of guanidine groups is 1. The largest absolute Gasteiger partial charge is 0.443 e. The Morgan fingerprint density at radius 1 is 1.00 bits per heavy atom. The molecule has 0 heterocycles. The Bertz CT molecular complexity index is 642. The number of hydrogen-bond acceptors (Lipinski definition) is 6. The first-order valence-corrected chi connectivity index (χ1v) is 8.12. The van der Waals surface area contributed by atoms with Crippen LogP contribution in [0, 0.1) is 0 Å². The van der Waals surface area contributed by atoms with E-state index in [1.54, 1.807) is 65.8 Å². The van der Waals surface area contributed by atoms with Gasteiger partial charge in [-0.1, -0.05) is 12.1 Å². The van der Waals surface area contributed by atoms with Gasteiger partial charge in [0.1, 0.15) is 11.2 Å². The molecule has 1 aromatic carbocycles. The molecule has 0 bridgehead atoms. The van der Waals surface area contributed by atoms with Crippen molar-refractivity contribution < 1.29 is 24.2 Å². The Morgan fingerprint density at radius 3 is 1.77 bits per heavy atom. The number of nitrogens with zero attached hydrogens (tertiary/aromatic N) is 2. The summed E-state index contributed by atoms with van der Waals surface area (Å²) >= 11 is 0. The number of amides is 2. The average Bonchev–Trinajstić information content (AvgIpc) is 2.44. The Kier molecular flexibility index (Phi) is 6.74. The molecular formula is C18H27N3O5. The number of carbonyl (C=O) groups is 2. The highest BCUT2D eigenvalue weighted by Gasteiger charge is 2.34. The third-order valence-corrected chi connectivity index (χ3v) is 2.74. The van der Waals surface area contributed by atoms with Crippen LogP contribution in [0.15, 0.2) is 29.3 Å². The number of aliphatic hydroxyl groups excluding tert-OH is 1. The van der Waals surface area contributed by atoms with Gasteiger partial charge in [0.25, 0.3) is 0 Å². The standard InChI is InChI=1S/C18H27N3O5/c1-17(2,3)25-15(23)21(16(24)26-18(4,5)6)14(19)20-13-9-7-12(11-22)8-10-13/h7-10,22H,11H2,1-6H3,(H2,19,20). The van der Waals surface area contributed by atoms with Crippen molar-refractivity contribution in [3.63, 3.8) is 0 Å². The highest BCUT2D eigenvalue weighted by atomic mass is 16.6. The van der Waals surface area contributed by atoms with Crippen LogP contribution in [0.4, 0.5) is 15.3 Å². The van der Waals surface area contributed by atoms with Crippen LogP contribution in [0.25, 0.3) is 0 Å². The molecule has 0 saturated carbocycles. The lowest BCUT2D eigenvalue weighted by molar-refractivity contribution is 0.0145. The molecule has 0 fully saturated rings. The zero-order chi connectivity index (χ0) is 20.1. The number of rotatable bonds is 2. The van der Waals surface area contributed by atoms with Crippen molar-refractivity contribution in [3.05, 3.63) is 29.8 Å². The van der Waals surface area contributed by atoms with Crippen LogP contribution in [0.2, 0.25) is 0 Å². The SMILES string of the molecule is CC(C)(C)OC(=O)N(C(=O)OC(C)(C)C)C(N)=Nc1ccc(CO)cc1. The fourth-order valence-electron chi connectivity index (χ4n) is 1.73. The van der Waals surface area contributed by atoms with Crippen LogP contribution < -0.4 is 5.73 Å². The predicted octanol–water partition coefficient (Wildman–Crippen LogP) is 3.30. The smallest absolute Gasteiger partial charge is 0.427 e. The Morgan fingerprint density at radius 2 is 1.42 bits per heavy atom. The molecule has 0 aliphatic carbocycles. The highest BCUT2D eigenvalue weighted by Crippen LogP contribution is 2.17. The van der Waals surface area contributed by atoms with Gasteiger partial charge in [0.05, 0.1) is 12.3 Å². The molecule has 0 saturated heterocycles. The molecule has 0 spiro atoms. The maximum absolute atomic E-state index is 12.4. The summed E-state index contributed by atoms with van der Waals surface area (Å²) in [6, 6.07) is 6.50. The molecule has 0 unspecified atom stereocenters. The molecule has 0 aliphatic heterocycles. The number of benzene rings is 1. The van der Waals surface area contributed by atoms with E-state index in [0.29, 0.717) is 16.2 Å². The second-order valence-electron chi connectivity index (χ2n) is 7.59. The summed E-state index contributed by atoms with van der Waals surface area (Å²) in [5, 5.41) is 9.07. The minimum absolute atomic E-state index is 0.110. The van der Waals surface area contributed by atoms with Crippen molar-refractivity contribution >= 4 is 23.8 Å². The molecule has 8 nitrogen and oxygen atoms in total. The fourth-order valence-corrected chi connectivity index (χ4v) is 1.73. The normalized spacial score (nSPS) is 12.5. The number of aliphatic hydroxyl groups is 1. The molecule has 0 aliphatic rings. The fraction of sp³-hybridized carbons (Fsp3) is 0.500. The number of nitrogens with two attached hydrogens (primary N) is 1. The van der Waals surface area contributed by atoms with Crippen LogP contribution in [-0.2, 0) is 16.1 Å². The molecule has 2 amide bonds. The van der Waals surface area contributed by atoms with E-state index in [-0.39, 0.29) is 12.6 Å². The van der Waals surface area contributed by atoms with Gasteiger partial charge in [-0.25, -0.2) is 14.6 Å². The summed E-state index contributed by atoms with van der Waals surface area (Å²) in [6.07, 6.45) is -1.97. The molecule has 8 heteroatoms. The summed E-state index contributed by atoms with van der Waals surface area (Å²) in [5.41, 5.74) is 5.31. The summed E-state index contributed by atoms with van der Waals surface area (Å²) in [6.45, 7) is 9.89. The Balaban J connectivity index is 3.17. The van der Waals surface area contributed by atoms with E-state index in [1.165, 1.54) is 0 Å². The number of imide groups is 1. The Hall–Kier alpha value is -2.61. The minimum Gasteiger partial charge on any atom is -0.443 e. The molecule has 3 N–H and O–H groups in total. The van der Waals surface area contributed by atoms with Crippen molar-refractivity contribution in [3.8, 4) is 0 Å². The van der Waals surface area contributed by atoms with Crippen molar-refractivity contribution in [1.29, 1.82) is 0 Å². The van der Waals surface area contributed by atoms with Gasteiger partial charge in [0, 0.05) is 0 Å². The minimum atomic E-state index is -0.986. The number of aliphatic imine (C=N–C) groups is 1. The van der Waals surface area contributed by atoms with Gasteiger partial charge in [0.2, 0.25) is 5.96 Å². The van der Waals surface area contributed by atoms with Gasteiger partial charge >= 0.3 is 12.2 Å². The van der Waals surface area contributed by atoms with E-state index in [2.05, 4.69) is 4.99 Å². The maximum atomic E-state index is 12.4. The monoisotopic (exact) mass is 365 g/mol. The first kappa shape index (κ1) is 21.4. The van der Waals surface area contributed by atoms with Crippen molar-refractivity contribution in [2.75, 3.05) is 0 Å². The third kappa shape index (κ3) is 7.10. The van der Waals surface area contributed by atoms with E-state index >= 15 is 0 Å². The molecule has 0 radical (unpaired) electrons. The lowest BCUT2D eigenvalue weighted by atomic mass is 10.2. The van der Waals surface area contributed by atoms with Crippen LogP contribution in [0.3, 0.4) is 0 Å². The van der Waals surface area contributed by atoms with Crippen molar-refractivity contribution in [2.45, 2.75) is 59.4 Å². The second-order valence-corrected chi connectivity index (χ2v) is 7.59. The first-order chi connectivity index (χ1) is 11.8. The zero-order valence-electron chi connectivity index (χ0n) is 16.1. The predicted molar refractivity (Wildman–Crippen MR) is 98.0 cm³/mol. The Labute approximate surface area is 153 Å². The van der Waals surface area contributed by atoms with Gasteiger partial charge in [-0.05, 0) is 59.2 Å². The molecule has 144 valence electrons. The number of hydrogen-bond donors (Lipinski definition) is 2. The highest BCUT2D eigenvalue weighted by molar-refractivity contribution is 6.07. The number of ether oxygens (including phenoxy) is 2. The van der Waals surface area contributed by atoms with E-state index in [9.17, 15) is 9.59 Å². The average molecular weight is 365 g/mol. The van der Waals surface area contributed by atoms with Gasteiger partial charge in [-0.2, -0.15) is 0 Å². The van der Waals surface area contributed by atoms with Gasteiger partial charge < -0.3 is 20.3 Å². The van der Waals surface area contributed by atoms with E-state index in [1.807, 2.05) is 0 Å². The van der Waals surface area contributed by atoms with E-state index < -0.39 is 23.4 Å². The van der Waals surface area contributed by atoms with Crippen LogP contribution in [0.1, 0.15) is 47.1 Å². The second kappa shape index (κ2) is 8.18. The molecule has 1 rings (SSSR count). The number of carbonyl (C=O) groups excluding carboxylic acids is 2. The third-order valence-electron chi connectivity index (χ3n) is 2.74. The summed E-state index contributed by atoms with van der Waals surface area (Å²) < 4.78 is 10.4. The lowest BCUT2D eigenvalue weighted by Gasteiger charge is -2.27. The quantitative estimate of drug-likeness (QED) is 0.614. The van der Waals surface area contributed by atoms with Gasteiger partial charge in [0.15, 0.2) is 0 Å². The summed E-state index contributed by atoms with van der Waals surface area (Å²) in [5.74, 6) is -0.384.